The normalized spacial score (nSPS) is 21.6. The second kappa shape index (κ2) is 11.4. The highest BCUT2D eigenvalue weighted by atomic mass is 16.3. The number of nitrogens with zero attached hydrogens (tertiary/aromatic N) is 6. The highest BCUT2D eigenvalue weighted by Crippen LogP contribution is 2.30. The number of piperazine rings is 1. The summed E-state index contributed by atoms with van der Waals surface area (Å²) in [6.45, 7) is 5.48. The molecule has 1 aromatic carbocycles. The van der Waals surface area contributed by atoms with Crippen LogP contribution >= 0.6 is 0 Å². The van der Waals surface area contributed by atoms with Crippen molar-refractivity contribution in [3.8, 4) is 11.1 Å². The van der Waals surface area contributed by atoms with Crippen molar-refractivity contribution in [1.29, 1.82) is 0 Å². The van der Waals surface area contributed by atoms with Crippen molar-refractivity contribution in [2.75, 3.05) is 55.3 Å². The molecule has 40 heavy (non-hydrogen) atoms. The van der Waals surface area contributed by atoms with Crippen LogP contribution in [0.3, 0.4) is 0 Å². The van der Waals surface area contributed by atoms with E-state index in [0.717, 1.165) is 94.1 Å². The van der Waals surface area contributed by atoms with E-state index in [1.165, 1.54) is 11.1 Å². The zero-order chi connectivity index (χ0) is 27.6. The fraction of sp³-hybridized carbons (Fsp3) is 0.467. The molecule has 4 N–H and O–H groups in total. The lowest BCUT2D eigenvalue weighted by Crippen LogP contribution is -2.45. The molecule has 2 fully saturated rings. The molecule has 1 saturated heterocycles. The van der Waals surface area contributed by atoms with Crippen molar-refractivity contribution in [2.45, 2.75) is 50.8 Å². The Hall–Kier alpha value is -3.76. The molecule has 3 aliphatic rings. The first-order chi connectivity index (χ1) is 19.4. The van der Waals surface area contributed by atoms with Crippen molar-refractivity contribution < 1.29 is 9.90 Å². The number of pyridine rings is 1. The highest BCUT2D eigenvalue weighted by Gasteiger charge is 2.23. The van der Waals surface area contributed by atoms with Gasteiger partial charge in [-0.1, -0.05) is 18.2 Å². The molecule has 6 rings (SSSR count). The average Bonchev–Trinajstić information content (AvgIpc) is 2.98. The Morgan fingerprint density at radius 2 is 1.62 bits per heavy atom. The lowest BCUT2D eigenvalue weighted by atomic mass is 9.93. The fourth-order valence-electron chi connectivity index (χ4n) is 5.91. The summed E-state index contributed by atoms with van der Waals surface area (Å²) in [5.74, 6) is 1.91. The lowest BCUT2D eigenvalue weighted by Gasteiger charge is -2.34. The third-order valence-corrected chi connectivity index (χ3v) is 8.45. The molecule has 1 saturated carbocycles. The number of nitrogen functional groups attached to an aromatic ring is 1. The van der Waals surface area contributed by atoms with Gasteiger partial charge in [-0.05, 0) is 68.0 Å². The smallest absolute Gasteiger partial charge is 0.270 e. The average molecular weight is 543 g/mol. The van der Waals surface area contributed by atoms with E-state index in [-0.39, 0.29) is 18.1 Å². The van der Waals surface area contributed by atoms with Crippen LogP contribution < -0.4 is 20.9 Å². The standard InChI is InChI=1S/C30H38N8O2/c1-36-12-14-37(15-13-36)27-17-28(35-30(31)34-27)38-11-10-20-2-3-21(16-23(20)19-38)22-4-9-26(32-18-22)29(40)33-24-5-7-25(39)8-6-24/h2-4,9,16-18,24-25,39H,5-8,10-15,19H2,1H3,(H,33,40)(H2,31,34,35)/t24-,25-. The molecule has 210 valence electrons. The minimum atomic E-state index is -0.243. The number of likely N-dealkylation sites (N-methyl/N-ethyl adjacent to an activating group) is 1. The van der Waals surface area contributed by atoms with Crippen LogP contribution in [-0.4, -0.2) is 82.8 Å². The van der Waals surface area contributed by atoms with Crippen LogP contribution in [0.4, 0.5) is 17.6 Å². The van der Waals surface area contributed by atoms with Gasteiger partial charge in [0.1, 0.15) is 17.3 Å². The summed E-state index contributed by atoms with van der Waals surface area (Å²) in [6.07, 6.45) is 5.53. The van der Waals surface area contributed by atoms with Crippen LogP contribution in [-0.2, 0) is 13.0 Å². The minimum absolute atomic E-state index is 0.101. The number of amides is 1. The predicted octanol–water partition coefficient (Wildman–Crippen LogP) is 2.47. The van der Waals surface area contributed by atoms with Gasteiger partial charge < -0.3 is 30.9 Å². The number of fused-ring (bicyclic) bond motifs is 1. The molecule has 10 heteroatoms. The molecule has 2 aliphatic heterocycles. The molecule has 2 aromatic heterocycles. The number of carbonyl (C=O) groups excluding carboxylic acids is 1. The van der Waals surface area contributed by atoms with Crippen LogP contribution in [0.25, 0.3) is 11.1 Å². The van der Waals surface area contributed by atoms with Crippen molar-refractivity contribution in [3.63, 3.8) is 0 Å². The quantitative estimate of drug-likeness (QED) is 0.446. The zero-order valence-electron chi connectivity index (χ0n) is 23.1. The summed E-state index contributed by atoms with van der Waals surface area (Å²) in [5, 5.41) is 12.8. The summed E-state index contributed by atoms with van der Waals surface area (Å²) < 4.78 is 0. The summed E-state index contributed by atoms with van der Waals surface area (Å²) in [6, 6.07) is 12.5. The summed E-state index contributed by atoms with van der Waals surface area (Å²) in [5.41, 5.74) is 11.2. The molecule has 1 aliphatic carbocycles. The number of carbonyl (C=O) groups is 1. The van der Waals surface area contributed by atoms with E-state index in [4.69, 9.17) is 5.73 Å². The monoisotopic (exact) mass is 542 g/mol. The number of nitrogens with two attached hydrogens (primary N) is 1. The Morgan fingerprint density at radius 1 is 0.900 bits per heavy atom. The number of nitrogens with one attached hydrogen (secondary N) is 1. The van der Waals surface area contributed by atoms with Gasteiger partial charge in [0.2, 0.25) is 5.95 Å². The first-order valence-electron chi connectivity index (χ1n) is 14.3. The van der Waals surface area contributed by atoms with Gasteiger partial charge in [0.25, 0.3) is 5.91 Å². The van der Waals surface area contributed by atoms with E-state index in [1.54, 1.807) is 12.3 Å². The molecule has 1 amide bonds. The van der Waals surface area contributed by atoms with Crippen molar-refractivity contribution >= 4 is 23.5 Å². The van der Waals surface area contributed by atoms with Crippen molar-refractivity contribution in [2.24, 2.45) is 0 Å². The number of rotatable bonds is 5. The molecular formula is C30H38N8O2. The SMILES string of the molecule is CN1CCN(c2cc(N3CCc4ccc(-c5ccc(C(=O)N[C@H]6CC[C@H](O)CC6)nc5)cc4C3)nc(N)n2)CC1. The molecule has 4 heterocycles. The first-order valence-corrected chi connectivity index (χ1v) is 14.3. The minimum Gasteiger partial charge on any atom is -0.393 e. The number of anilines is 3. The molecule has 3 aromatic rings. The number of hydrogen-bond acceptors (Lipinski definition) is 9. The molecule has 0 unspecified atom stereocenters. The van der Waals surface area contributed by atoms with Crippen molar-refractivity contribution in [1.82, 2.24) is 25.2 Å². The zero-order valence-corrected chi connectivity index (χ0v) is 23.1. The van der Waals surface area contributed by atoms with E-state index in [9.17, 15) is 9.90 Å². The molecular weight excluding hydrogens is 504 g/mol. The third kappa shape index (κ3) is 5.88. The first kappa shape index (κ1) is 26.5. The lowest BCUT2D eigenvalue weighted by molar-refractivity contribution is 0.0863. The van der Waals surface area contributed by atoms with E-state index in [0.29, 0.717) is 11.6 Å². The van der Waals surface area contributed by atoms with Crippen LogP contribution in [0.2, 0.25) is 0 Å². The van der Waals surface area contributed by atoms with Crippen molar-refractivity contribution in [3.05, 3.63) is 59.4 Å². The van der Waals surface area contributed by atoms with Gasteiger partial charge in [-0.25, -0.2) is 0 Å². The van der Waals surface area contributed by atoms with E-state index >= 15 is 0 Å². The van der Waals surface area contributed by atoms with Gasteiger partial charge >= 0.3 is 0 Å². The topological polar surface area (TPSA) is 124 Å². The Balaban J connectivity index is 1.15. The number of aliphatic hydroxyl groups excluding tert-OH is 1. The second-order valence-electron chi connectivity index (χ2n) is 11.3. The van der Waals surface area contributed by atoms with E-state index in [2.05, 4.69) is 66.3 Å². The molecule has 0 atom stereocenters. The molecule has 0 radical (unpaired) electrons. The third-order valence-electron chi connectivity index (χ3n) is 8.45. The van der Waals surface area contributed by atoms with Crippen LogP contribution in [0.15, 0.2) is 42.6 Å². The van der Waals surface area contributed by atoms with Crippen LogP contribution in [0.5, 0.6) is 0 Å². The van der Waals surface area contributed by atoms with Crippen LogP contribution in [0.1, 0.15) is 47.3 Å². The van der Waals surface area contributed by atoms with E-state index < -0.39 is 0 Å². The Morgan fingerprint density at radius 3 is 2.35 bits per heavy atom. The number of benzene rings is 1. The Labute approximate surface area is 235 Å². The predicted molar refractivity (Wildman–Crippen MR) is 156 cm³/mol. The van der Waals surface area contributed by atoms with Gasteiger partial charge in [0, 0.05) is 63.1 Å². The maximum atomic E-state index is 12.7. The largest absolute Gasteiger partial charge is 0.393 e. The number of aliphatic hydroxyl groups is 1. The van der Waals surface area contributed by atoms with Gasteiger partial charge in [-0.2, -0.15) is 9.97 Å². The van der Waals surface area contributed by atoms with Gasteiger partial charge in [-0.3, -0.25) is 9.78 Å². The maximum Gasteiger partial charge on any atom is 0.270 e. The fourth-order valence-corrected chi connectivity index (χ4v) is 5.91. The molecule has 0 spiro atoms. The van der Waals surface area contributed by atoms with Gasteiger partial charge in [-0.15, -0.1) is 0 Å². The summed E-state index contributed by atoms with van der Waals surface area (Å²) >= 11 is 0. The Kier molecular flexibility index (Phi) is 7.53. The number of aromatic nitrogens is 3. The second-order valence-corrected chi connectivity index (χ2v) is 11.3. The van der Waals surface area contributed by atoms with Gasteiger partial charge in [0.15, 0.2) is 0 Å². The van der Waals surface area contributed by atoms with Crippen LogP contribution in [0, 0.1) is 0 Å². The van der Waals surface area contributed by atoms with E-state index in [1.807, 2.05) is 6.07 Å². The highest BCUT2D eigenvalue weighted by molar-refractivity contribution is 5.92. The molecule has 0 bridgehead atoms. The van der Waals surface area contributed by atoms with Gasteiger partial charge in [0.05, 0.1) is 6.10 Å². The number of hydrogen-bond donors (Lipinski definition) is 3. The maximum absolute atomic E-state index is 12.7. The Bertz CT molecular complexity index is 1350. The summed E-state index contributed by atoms with van der Waals surface area (Å²) in [4.78, 5) is 33.2. The summed E-state index contributed by atoms with van der Waals surface area (Å²) in [7, 11) is 2.14. The molecule has 10 nitrogen and oxygen atoms in total.